The smallest absolute Gasteiger partial charge is 0.263 e. The van der Waals surface area contributed by atoms with Gasteiger partial charge in [-0.15, -0.1) is 0 Å². The Kier molecular flexibility index (Phi) is 3.73. The van der Waals surface area contributed by atoms with E-state index in [0.29, 0.717) is 15.3 Å². The summed E-state index contributed by atoms with van der Waals surface area (Å²) in [5.74, 6) is -0.0781. The van der Waals surface area contributed by atoms with Crippen molar-refractivity contribution in [3.05, 3.63) is 27.9 Å². The number of hydrogen-bond acceptors (Lipinski definition) is 3. The summed E-state index contributed by atoms with van der Waals surface area (Å²) in [5.41, 5.74) is 3.68. The van der Waals surface area contributed by atoms with E-state index in [0.717, 1.165) is 5.56 Å². The van der Waals surface area contributed by atoms with Gasteiger partial charge in [-0.3, -0.25) is 4.79 Å². The van der Waals surface area contributed by atoms with E-state index in [1.165, 1.54) is 48.8 Å². The largest absolute Gasteiger partial charge is 0.346 e. The highest BCUT2D eigenvalue weighted by Crippen LogP contribution is 2.35. The molecule has 2 fully saturated rings. The van der Waals surface area contributed by atoms with Crippen LogP contribution in [0, 0.1) is 13.8 Å². The highest BCUT2D eigenvalue weighted by Gasteiger charge is 2.24. The summed E-state index contributed by atoms with van der Waals surface area (Å²) in [4.78, 5) is 12.4. The quantitative estimate of drug-likeness (QED) is 0.668. The van der Waals surface area contributed by atoms with Crippen molar-refractivity contribution in [2.75, 3.05) is 0 Å². The fraction of sp³-hybridized carbons (Fsp3) is 0.467. The molecule has 1 N–H and O–H groups in total. The summed E-state index contributed by atoms with van der Waals surface area (Å²) in [6.45, 7) is 4.30. The molecule has 0 radical (unpaired) electrons. The normalized spacial score (nSPS) is 22.0. The standard InChI is InChI=1S/C15H18N2OS2/c1-9-7-11(8-13-14(18)16-15(19)20-13)10(2)17(9)12-5-3-4-6-12/h7-8,12H,3-6H2,1-2H3,(H,16,18,19)/b13-8+. The minimum atomic E-state index is -0.0781. The summed E-state index contributed by atoms with van der Waals surface area (Å²) in [6.07, 6.45) is 7.15. The number of carbonyl (C=O) groups is 1. The van der Waals surface area contributed by atoms with Gasteiger partial charge in [-0.1, -0.05) is 36.8 Å². The molecule has 1 aromatic rings. The van der Waals surface area contributed by atoms with Crippen molar-refractivity contribution >= 4 is 40.3 Å². The molecule has 0 spiro atoms. The average Bonchev–Trinajstić information content (AvgIpc) is 3.04. The van der Waals surface area contributed by atoms with Gasteiger partial charge in [0.2, 0.25) is 0 Å². The Bertz CT molecular complexity index is 610. The molecular weight excluding hydrogens is 288 g/mol. The lowest BCUT2D eigenvalue weighted by atomic mass is 10.2. The first-order valence-electron chi connectivity index (χ1n) is 6.99. The van der Waals surface area contributed by atoms with Crippen molar-refractivity contribution in [2.45, 2.75) is 45.6 Å². The summed E-state index contributed by atoms with van der Waals surface area (Å²) < 4.78 is 2.99. The van der Waals surface area contributed by atoms with Crippen LogP contribution in [0.4, 0.5) is 0 Å². The van der Waals surface area contributed by atoms with E-state index in [2.05, 4.69) is 29.8 Å². The van der Waals surface area contributed by atoms with E-state index in [-0.39, 0.29) is 5.91 Å². The lowest BCUT2D eigenvalue weighted by molar-refractivity contribution is -0.115. The van der Waals surface area contributed by atoms with Crippen LogP contribution in [0.1, 0.15) is 48.7 Å². The van der Waals surface area contributed by atoms with Gasteiger partial charge in [0.1, 0.15) is 4.32 Å². The van der Waals surface area contributed by atoms with Crippen LogP contribution in [0.25, 0.3) is 6.08 Å². The average molecular weight is 306 g/mol. The summed E-state index contributed by atoms with van der Waals surface area (Å²) in [5, 5.41) is 2.66. The van der Waals surface area contributed by atoms with Crippen LogP contribution in [-0.4, -0.2) is 14.8 Å². The van der Waals surface area contributed by atoms with Crippen molar-refractivity contribution in [2.24, 2.45) is 0 Å². The molecule has 1 amide bonds. The van der Waals surface area contributed by atoms with E-state index in [4.69, 9.17) is 12.2 Å². The van der Waals surface area contributed by atoms with E-state index in [1.807, 2.05) is 6.08 Å². The molecule has 106 valence electrons. The first-order valence-corrected chi connectivity index (χ1v) is 8.22. The molecule has 3 nitrogen and oxygen atoms in total. The second-order valence-corrected chi connectivity index (χ2v) is 7.21. The first-order chi connectivity index (χ1) is 9.56. The second-order valence-electron chi connectivity index (χ2n) is 5.49. The minimum Gasteiger partial charge on any atom is -0.346 e. The molecule has 0 unspecified atom stereocenters. The van der Waals surface area contributed by atoms with Crippen molar-refractivity contribution in [3.8, 4) is 0 Å². The van der Waals surface area contributed by atoms with Crippen LogP contribution in [0.3, 0.4) is 0 Å². The Balaban J connectivity index is 1.95. The fourth-order valence-electron chi connectivity index (χ4n) is 3.24. The lowest BCUT2D eigenvalue weighted by Crippen LogP contribution is -2.17. The SMILES string of the molecule is Cc1cc(/C=C2/SC(=S)NC2=O)c(C)n1C1CCCC1. The number of hydrogen-bond donors (Lipinski definition) is 1. The van der Waals surface area contributed by atoms with Crippen molar-refractivity contribution in [1.29, 1.82) is 0 Å². The van der Waals surface area contributed by atoms with E-state index >= 15 is 0 Å². The Morgan fingerprint density at radius 3 is 2.70 bits per heavy atom. The number of thioether (sulfide) groups is 1. The number of amides is 1. The van der Waals surface area contributed by atoms with Crippen molar-refractivity contribution in [1.82, 2.24) is 9.88 Å². The molecule has 0 atom stereocenters. The third-order valence-corrected chi connectivity index (χ3v) is 5.30. The maximum Gasteiger partial charge on any atom is 0.263 e. The van der Waals surface area contributed by atoms with Crippen molar-refractivity contribution < 1.29 is 4.79 Å². The molecule has 2 aliphatic rings. The molecule has 5 heteroatoms. The number of nitrogens with one attached hydrogen (secondary N) is 1. The first kappa shape index (κ1) is 13.9. The molecule has 1 aliphatic carbocycles. The van der Waals surface area contributed by atoms with Gasteiger partial charge in [-0.2, -0.15) is 0 Å². The second kappa shape index (κ2) is 5.37. The Hall–Kier alpha value is -1.07. The summed E-state index contributed by atoms with van der Waals surface area (Å²) in [7, 11) is 0. The molecule has 2 heterocycles. The van der Waals surface area contributed by atoms with Gasteiger partial charge in [0.05, 0.1) is 4.91 Å². The topological polar surface area (TPSA) is 34.0 Å². The van der Waals surface area contributed by atoms with Gasteiger partial charge in [0, 0.05) is 17.4 Å². The maximum absolute atomic E-state index is 11.8. The highest BCUT2D eigenvalue weighted by atomic mass is 32.2. The number of aromatic nitrogens is 1. The lowest BCUT2D eigenvalue weighted by Gasteiger charge is -2.17. The monoisotopic (exact) mass is 306 g/mol. The van der Waals surface area contributed by atoms with Gasteiger partial charge in [0.25, 0.3) is 5.91 Å². The Morgan fingerprint density at radius 1 is 1.40 bits per heavy atom. The Labute approximate surface area is 128 Å². The van der Waals surface area contributed by atoms with Gasteiger partial charge in [-0.25, -0.2) is 0 Å². The zero-order chi connectivity index (χ0) is 14.3. The highest BCUT2D eigenvalue weighted by molar-refractivity contribution is 8.26. The van der Waals surface area contributed by atoms with E-state index < -0.39 is 0 Å². The van der Waals surface area contributed by atoms with Crippen LogP contribution in [0.15, 0.2) is 11.0 Å². The molecule has 1 saturated carbocycles. The van der Waals surface area contributed by atoms with Crippen LogP contribution in [0.2, 0.25) is 0 Å². The molecule has 20 heavy (non-hydrogen) atoms. The molecule has 3 rings (SSSR count). The summed E-state index contributed by atoms with van der Waals surface area (Å²) in [6, 6.07) is 2.81. The maximum atomic E-state index is 11.8. The summed E-state index contributed by atoms with van der Waals surface area (Å²) >= 11 is 6.37. The molecule has 1 aromatic heterocycles. The number of carbonyl (C=O) groups excluding carboxylic acids is 1. The third-order valence-electron chi connectivity index (χ3n) is 4.14. The predicted octanol–water partition coefficient (Wildman–Crippen LogP) is 3.71. The predicted molar refractivity (Wildman–Crippen MR) is 87.7 cm³/mol. The number of nitrogens with zero attached hydrogens (tertiary/aromatic N) is 1. The zero-order valence-electron chi connectivity index (χ0n) is 11.7. The molecule has 1 saturated heterocycles. The van der Waals surface area contributed by atoms with Crippen LogP contribution < -0.4 is 5.32 Å². The van der Waals surface area contributed by atoms with Gasteiger partial charge in [-0.05, 0) is 44.4 Å². The minimum absolute atomic E-state index is 0.0781. The molecular formula is C15H18N2OS2. The van der Waals surface area contributed by atoms with Crippen LogP contribution in [-0.2, 0) is 4.79 Å². The molecule has 1 aliphatic heterocycles. The van der Waals surface area contributed by atoms with Crippen LogP contribution in [0.5, 0.6) is 0 Å². The van der Waals surface area contributed by atoms with Crippen molar-refractivity contribution in [3.63, 3.8) is 0 Å². The van der Waals surface area contributed by atoms with Gasteiger partial charge < -0.3 is 9.88 Å². The van der Waals surface area contributed by atoms with E-state index in [1.54, 1.807) is 0 Å². The van der Waals surface area contributed by atoms with Gasteiger partial charge in [0.15, 0.2) is 0 Å². The number of aryl methyl sites for hydroxylation is 1. The van der Waals surface area contributed by atoms with Gasteiger partial charge >= 0.3 is 0 Å². The number of rotatable bonds is 2. The molecule has 0 bridgehead atoms. The van der Waals surface area contributed by atoms with E-state index in [9.17, 15) is 4.79 Å². The Morgan fingerprint density at radius 2 is 2.10 bits per heavy atom. The third kappa shape index (κ3) is 2.44. The number of thiocarbonyl (C=S) groups is 1. The zero-order valence-corrected chi connectivity index (χ0v) is 13.4. The van der Waals surface area contributed by atoms with Crippen LogP contribution >= 0.6 is 24.0 Å². The molecule has 0 aromatic carbocycles. The fourth-order valence-corrected chi connectivity index (χ4v) is 4.27.